The van der Waals surface area contributed by atoms with E-state index in [1.807, 2.05) is 6.26 Å². The average Bonchev–Trinajstić information content (AvgIpc) is 2.37. The summed E-state index contributed by atoms with van der Waals surface area (Å²) in [6.45, 7) is 7.32. The Balaban J connectivity index is 2.16. The molecule has 1 aromatic rings. The van der Waals surface area contributed by atoms with Gasteiger partial charge in [0, 0.05) is 25.7 Å². The lowest BCUT2D eigenvalue weighted by atomic mass is 9.85. The van der Waals surface area contributed by atoms with Gasteiger partial charge in [0.05, 0.1) is 0 Å². The molecule has 0 spiro atoms. The van der Waals surface area contributed by atoms with Crippen LogP contribution >= 0.6 is 11.8 Å². The van der Waals surface area contributed by atoms with Crippen LogP contribution in [0.5, 0.6) is 0 Å². The molecule has 19 heavy (non-hydrogen) atoms. The van der Waals surface area contributed by atoms with Gasteiger partial charge in [0.25, 0.3) is 0 Å². The summed E-state index contributed by atoms with van der Waals surface area (Å²) in [5.41, 5.74) is 0. The average molecular weight is 280 g/mol. The third kappa shape index (κ3) is 3.75. The van der Waals surface area contributed by atoms with Crippen molar-refractivity contribution < 1.29 is 0 Å². The van der Waals surface area contributed by atoms with Crippen LogP contribution in [0.25, 0.3) is 0 Å². The van der Waals surface area contributed by atoms with Crippen LogP contribution in [-0.2, 0) is 0 Å². The van der Waals surface area contributed by atoms with Gasteiger partial charge in [-0.25, -0.2) is 9.97 Å². The minimum Gasteiger partial charge on any atom is -0.370 e. The molecule has 4 nitrogen and oxygen atoms in total. The lowest BCUT2D eigenvalue weighted by molar-refractivity contribution is 0.318. The van der Waals surface area contributed by atoms with Crippen LogP contribution in [0.2, 0.25) is 0 Å². The molecule has 0 atom stereocenters. The number of anilines is 2. The zero-order valence-electron chi connectivity index (χ0n) is 12.1. The van der Waals surface area contributed by atoms with Crippen molar-refractivity contribution in [2.75, 3.05) is 36.1 Å². The summed E-state index contributed by atoms with van der Waals surface area (Å²) in [5, 5.41) is 4.14. The molecule has 0 amide bonds. The van der Waals surface area contributed by atoms with Gasteiger partial charge in [-0.05, 0) is 38.9 Å². The Labute approximate surface area is 120 Å². The van der Waals surface area contributed by atoms with Crippen molar-refractivity contribution >= 4 is 23.4 Å². The van der Waals surface area contributed by atoms with Gasteiger partial charge in [-0.15, -0.1) is 0 Å². The Morgan fingerprint density at radius 3 is 2.68 bits per heavy atom. The lowest BCUT2D eigenvalue weighted by Gasteiger charge is -2.32. The van der Waals surface area contributed by atoms with Crippen LogP contribution in [0.1, 0.15) is 33.1 Å². The monoisotopic (exact) mass is 280 g/mol. The molecule has 0 radical (unpaired) electrons. The molecule has 0 aromatic carbocycles. The predicted octanol–water partition coefficient (Wildman–Crippen LogP) is 3.26. The number of nitrogens with zero attached hydrogens (tertiary/aromatic N) is 3. The first-order valence-electron chi connectivity index (χ1n) is 7.18. The van der Waals surface area contributed by atoms with Gasteiger partial charge in [0.15, 0.2) is 5.16 Å². The van der Waals surface area contributed by atoms with Crippen molar-refractivity contribution in [2.24, 2.45) is 5.92 Å². The van der Waals surface area contributed by atoms with Crippen LogP contribution in [0.15, 0.2) is 11.2 Å². The second-order valence-electron chi connectivity index (χ2n) is 4.96. The quantitative estimate of drug-likeness (QED) is 0.613. The van der Waals surface area contributed by atoms with E-state index in [0.717, 1.165) is 42.3 Å². The van der Waals surface area contributed by atoms with Crippen molar-refractivity contribution in [3.8, 4) is 0 Å². The second kappa shape index (κ2) is 6.98. The summed E-state index contributed by atoms with van der Waals surface area (Å²) in [7, 11) is 0. The maximum Gasteiger partial charge on any atom is 0.191 e. The van der Waals surface area contributed by atoms with Gasteiger partial charge in [-0.1, -0.05) is 18.2 Å². The van der Waals surface area contributed by atoms with E-state index in [4.69, 9.17) is 0 Å². The molecule has 0 saturated heterocycles. The van der Waals surface area contributed by atoms with Crippen LogP contribution in [0.4, 0.5) is 11.6 Å². The van der Waals surface area contributed by atoms with Crippen LogP contribution < -0.4 is 10.2 Å². The first-order chi connectivity index (χ1) is 9.26. The van der Waals surface area contributed by atoms with Gasteiger partial charge in [-0.2, -0.15) is 0 Å². The van der Waals surface area contributed by atoms with E-state index >= 15 is 0 Å². The molecule has 1 saturated carbocycles. The highest BCUT2D eigenvalue weighted by molar-refractivity contribution is 7.98. The number of rotatable bonds is 7. The summed E-state index contributed by atoms with van der Waals surface area (Å²) in [4.78, 5) is 11.5. The number of aromatic nitrogens is 2. The van der Waals surface area contributed by atoms with E-state index in [1.54, 1.807) is 11.8 Å². The van der Waals surface area contributed by atoms with Gasteiger partial charge < -0.3 is 10.2 Å². The third-order valence-electron chi connectivity index (χ3n) is 3.64. The second-order valence-corrected chi connectivity index (χ2v) is 5.74. The largest absolute Gasteiger partial charge is 0.370 e. The van der Waals surface area contributed by atoms with Crippen LogP contribution in [0.3, 0.4) is 0 Å². The standard InChI is InChI=1S/C14H24N4S/c1-4-15-12-9-13(17-14(16-12)19-3)18(5-2)10-11-7-6-8-11/h9,11H,4-8,10H2,1-3H3,(H,15,16,17). The number of nitrogens with one attached hydrogen (secondary N) is 1. The number of hydrogen-bond donors (Lipinski definition) is 1. The van der Waals surface area contributed by atoms with E-state index in [1.165, 1.54) is 19.3 Å². The highest BCUT2D eigenvalue weighted by Gasteiger charge is 2.21. The fraction of sp³-hybridized carbons (Fsp3) is 0.714. The molecule has 2 rings (SSSR count). The highest BCUT2D eigenvalue weighted by Crippen LogP contribution is 2.29. The Hall–Kier alpha value is -0.970. The van der Waals surface area contributed by atoms with Crippen LogP contribution in [0, 0.1) is 5.92 Å². The van der Waals surface area contributed by atoms with Gasteiger partial charge in [0.2, 0.25) is 0 Å². The molecule has 1 fully saturated rings. The third-order valence-corrected chi connectivity index (χ3v) is 4.19. The number of thioether (sulfide) groups is 1. The summed E-state index contributed by atoms with van der Waals surface area (Å²) in [6, 6.07) is 2.07. The van der Waals surface area contributed by atoms with Crippen LogP contribution in [-0.4, -0.2) is 35.9 Å². The SMILES string of the molecule is CCNc1cc(N(CC)CC2CCC2)nc(SC)n1. The van der Waals surface area contributed by atoms with E-state index in [2.05, 4.69) is 40.1 Å². The van der Waals surface area contributed by atoms with Gasteiger partial charge in [-0.3, -0.25) is 0 Å². The minimum atomic E-state index is 0.848. The fourth-order valence-electron chi connectivity index (χ4n) is 2.31. The molecular formula is C14H24N4S. The zero-order valence-corrected chi connectivity index (χ0v) is 13.0. The lowest BCUT2D eigenvalue weighted by Crippen LogP contribution is -2.33. The summed E-state index contributed by atoms with van der Waals surface area (Å²) < 4.78 is 0. The molecule has 0 bridgehead atoms. The normalized spacial score (nSPS) is 15.1. The molecule has 1 heterocycles. The van der Waals surface area contributed by atoms with Crippen molar-refractivity contribution in [3.05, 3.63) is 6.07 Å². The molecular weight excluding hydrogens is 256 g/mol. The molecule has 1 aliphatic carbocycles. The Bertz CT molecular complexity index is 406. The van der Waals surface area contributed by atoms with E-state index in [-0.39, 0.29) is 0 Å². The van der Waals surface area contributed by atoms with Crippen molar-refractivity contribution in [1.29, 1.82) is 0 Å². The maximum atomic E-state index is 4.65. The minimum absolute atomic E-state index is 0.848. The van der Waals surface area contributed by atoms with Crippen molar-refractivity contribution in [2.45, 2.75) is 38.3 Å². The Morgan fingerprint density at radius 1 is 1.37 bits per heavy atom. The fourth-order valence-corrected chi connectivity index (χ4v) is 2.68. The topological polar surface area (TPSA) is 41.0 Å². The summed E-state index contributed by atoms with van der Waals surface area (Å²) in [5.74, 6) is 2.85. The highest BCUT2D eigenvalue weighted by atomic mass is 32.2. The molecule has 1 N–H and O–H groups in total. The smallest absolute Gasteiger partial charge is 0.191 e. The molecule has 1 aromatic heterocycles. The first-order valence-corrected chi connectivity index (χ1v) is 8.41. The Morgan fingerprint density at radius 2 is 2.16 bits per heavy atom. The van der Waals surface area contributed by atoms with E-state index < -0.39 is 0 Å². The van der Waals surface area contributed by atoms with E-state index in [0.29, 0.717) is 0 Å². The van der Waals surface area contributed by atoms with Crippen molar-refractivity contribution in [3.63, 3.8) is 0 Å². The predicted molar refractivity (Wildman–Crippen MR) is 83.2 cm³/mol. The summed E-state index contributed by atoms with van der Waals surface area (Å²) in [6.07, 6.45) is 6.16. The maximum absolute atomic E-state index is 4.65. The summed E-state index contributed by atoms with van der Waals surface area (Å²) >= 11 is 1.60. The Kier molecular flexibility index (Phi) is 5.31. The molecule has 0 unspecified atom stereocenters. The van der Waals surface area contributed by atoms with Gasteiger partial charge in [0.1, 0.15) is 11.6 Å². The zero-order chi connectivity index (χ0) is 13.7. The van der Waals surface area contributed by atoms with Crippen molar-refractivity contribution in [1.82, 2.24) is 9.97 Å². The molecule has 1 aliphatic rings. The molecule has 0 aliphatic heterocycles. The number of hydrogen-bond acceptors (Lipinski definition) is 5. The molecule has 5 heteroatoms. The van der Waals surface area contributed by atoms with E-state index in [9.17, 15) is 0 Å². The molecule has 106 valence electrons. The first kappa shape index (κ1) is 14.4. The van der Waals surface area contributed by atoms with Gasteiger partial charge >= 0.3 is 0 Å².